The third-order valence-electron chi connectivity index (χ3n) is 9.03. The third-order valence-corrected chi connectivity index (χ3v) is 10.4. The van der Waals surface area contributed by atoms with E-state index in [1.807, 2.05) is 60.3 Å². The predicted molar refractivity (Wildman–Crippen MR) is 192 cm³/mol. The van der Waals surface area contributed by atoms with Crippen LogP contribution in [0.2, 0.25) is 5.02 Å². The Labute approximate surface area is 290 Å². The van der Waals surface area contributed by atoms with Gasteiger partial charge >= 0.3 is 6.18 Å². The van der Waals surface area contributed by atoms with Gasteiger partial charge in [-0.1, -0.05) is 90.5 Å². The predicted octanol–water partition coefficient (Wildman–Crippen LogP) is 9.47. The summed E-state index contributed by atoms with van der Waals surface area (Å²) in [5.74, 6) is 3.27. The quantitative estimate of drug-likeness (QED) is 0.108. The van der Waals surface area contributed by atoms with E-state index in [2.05, 4.69) is 57.0 Å². The summed E-state index contributed by atoms with van der Waals surface area (Å²) in [7, 11) is 0. The SMILES string of the molecule is FC(F)(F)c1cccc(CN(CCCOc2cccc3c2ccn3CCN2CCSCC2)CC(c2ccccc2)c2ccccc2)c1Cl. The Bertz CT molecular complexity index is 1700. The highest BCUT2D eigenvalue weighted by atomic mass is 35.5. The Hall–Kier alpha value is -3.43. The summed E-state index contributed by atoms with van der Waals surface area (Å²) in [6.45, 7) is 6.25. The summed E-state index contributed by atoms with van der Waals surface area (Å²) in [6.07, 6.45) is -1.68. The number of hydrogen-bond acceptors (Lipinski definition) is 4. The van der Waals surface area contributed by atoms with Gasteiger partial charge in [-0.3, -0.25) is 9.80 Å². The van der Waals surface area contributed by atoms with Crippen molar-refractivity contribution in [3.63, 3.8) is 0 Å². The van der Waals surface area contributed by atoms with Crippen LogP contribution in [-0.2, 0) is 19.3 Å². The molecular weight excluding hydrogens is 651 g/mol. The van der Waals surface area contributed by atoms with Crippen LogP contribution in [0, 0.1) is 0 Å². The van der Waals surface area contributed by atoms with Crippen molar-refractivity contribution in [2.75, 3.05) is 50.8 Å². The number of fused-ring (bicyclic) bond motifs is 1. The van der Waals surface area contributed by atoms with Gasteiger partial charge in [-0.15, -0.1) is 0 Å². The first-order chi connectivity index (χ1) is 23.4. The van der Waals surface area contributed by atoms with Gasteiger partial charge < -0.3 is 9.30 Å². The molecule has 0 spiro atoms. The zero-order valence-corrected chi connectivity index (χ0v) is 28.5. The lowest BCUT2D eigenvalue weighted by Crippen LogP contribution is -2.34. The molecule has 4 aromatic carbocycles. The molecule has 1 aliphatic rings. The van der Waals surface area contributed by atoms with Gasteiger partial charge in [0.2, 0.25) is 0 Å². The van der Waals surface area contributed by atoms with E-state index in [0.717, 1.165) is 60.0 Å². The van der Waals surface area contributed by atoms with Crippen LogP contribution in [0.5, 0.6) is 5.75 Å². The molecule has 0 bridgehead atoms. The van der Waals surface area contributed by atoms with E-state index in [9.17, 15) is 13.2 Å². The first-order valence-corrected chi connectivity index (χ1v) is 18.1. The number of thioether (sulfide) groups is 1. The van der Waals surface area contributed by atoms with Gasteiger partial charge in [-0.25, -0.2) is 0 Å². The number of hydrogen-bond donors (Lipinski definition) is 0. The largest absolute Gasteiger partial charge is 0.493 e. The summed E-state index contributed by atoms with van der Waals surface area (Å²) in [4.78, 5) is 4.73. The summed E-state index contributed by atoms with van der Waals surface area (Å²) in [5.41, 5.74) is 3.11. The van der Waals surface area contributed by atoms with E-state index < -0.39 is 11.7 Å². The topological polar surface area (TPSA) is 20.6 Å². The van der Waals surface area contributed by atoms with Gasteiger partial charge in [0, 0.05) is 74.8 Å². The highest BCUT2D eigenvalue weighted by Crippen LogP contribution is 2.37. The van der Waals surface area contributed by atoms with Gasteiger partial charge in [-0.2, -0.15) is 24.9 Å². The molecule has 0 N–H and O–H groups in total. The van der Waals surface area contributed by atoms with Gasteiger partial charge in [0.1, 0.15) is 5.75 Å². The fourth-order valence-electron chi connectivity index (χ4n) is 6.49. The number of alkyl halides is 3. The number of halogens is 4. The lowest BCUT2D eigenvalue weighted by Gasteiger charge is -2.29. The molecule has 9 heteroatoms. The fourth-order valence-corrected chi connectivity index (χ4v) is 7.76. The molecule has 0 amide bonds. The Balaban J connectivity index is 1.17. The zero-order chi connectivity index (χ0) is 33.3. The molecule has 5 aromatic rings. The van der Waals surface area contributed by atoms with Crippen LogP contribution >= 0.6 is 23.4 Å². The van der Waals surface area contributed by atoms with Crippen LogP contribution in [0.3, 0.4) is 0 Å². The maximum atomic E-state index is 13.8. The highest BCUT2D eigenvalue weighted by Gasteiger charge is 2.34. The standard InChI is InChI=1S/C39H41ClF3N3OS/c40-38-32(14-7-15-35(38)39(41,42)43)28-45(29-34(30-10-3-1-4-11-30)31-12-5-2-6-13-31)19-9-25-47-37-17-8-16-36-33(37)18-20-46(36)22-21-44-23-26-48-27-24-44/h1-8,10-18,20,34H,9,19,21-29H2. The minimum Gasteiger partial charge on any atom is -0.493 e. The maximum Gasteiger partial charge on any atom is 0.417 e. The van der Waals surface area contributed by atoms with Crippen molar-refractivity contribution < 1.29 is 17.9 Å². The third kappa shape index (κ3) is 8.77. The molecule has 0 aliphatic carbocycles. The van der Waals surface area contributed by atoms with Crippen LogP contribution in [0.15, 0.2) is 109 Å². The van der Waals surface area contributed by atoms with Crippen molar-refractivity contribution in [3.8, 4) is 5.75 Å². The second kappa shape index (κ2) is 16.3. The lowest BCUT2D eigenvalue weighted by atomic mass is 9.90. The molecule has 48 heavy (non-hydrogen) atoms. The molecule has 1 fully saturated rings. The summed E-state index contributed by atoms with van der Waals surface area (Å²) in [6, 6.07) is 33.0. The van der Waals surface area contributed by atoms with Crippen LogP contribution in [0.25, 0.3) is 10.9 Å². The van der Waals surface area contributed by atoms with Crippen LogP contribution in [0.1, 0.15) is 34.6 Å². The molecule has 252 valence electrons. The number of rotatable bonds is 14. The Morgan fingerprint density at radius 1 is 0.812 bits per heavy atom. The van der Waals surface area contributed by atoms with E-state index >= 15 is 0 Å². The lowest BCUT2D eigenvalue weighted by molar-refractivity contribution is -0.137. The molecule has 1 aliphatic heterocycles. The molecule has 0 radical (unpaired) electrons. The number of nitrogens with zero attached hydrogens (tertiary/aromatic N) is 3. The summed E-state index contributed by atoms with van der Waals surface area (Å²) in [5, 5.41) is 0.852. The van der Waals surface area contributed by atoms with E-state index in [-0.39, 0.29) is 17.5 Å². The van der Waals surface area contributed by atoms with Crippen molar-refractivity contribution in [3.05, 3.63) is 137 Å². The number of ether oxygens (including phenoxy) is 1. The Morgan fingerprint density at radius 3 is 2.19 bits per heavy atom. The normalized spacial score (nSPS) is 14.3. The van der Waals surface area contributed by atoms with Gasteiger partial charge in [-0.05, 0) is 47.4 Å². The van der Waals surface area contributed by atoms with Crippen molar-refractivity contribution >= 4 is 34.3 Å². The molecular formula is C39H41ClF3N3OS. The molecule has 6 rings (SSSR count). The molecule has 4 nitrogen and oxygen atoms in total. The minimum absolute atomic E-state index is 0.0232. The van der Waals surface area contributed by atoms with E-state index in [0.29, 0.717) is 31.7 Å². The van der Waals surface area contributed by atoms with Crippen molar-refractivity contribution in [1.29, 1.82) is 0 Å². The maximum absolute atomic E-state index is 13.8. The summed E-state index contributed by atoms with van der Waals surface area (Å²) < 4.78 is 49.9. The van der Waals surface area contributed by atoms with E-state index in [1.54, 1.807) is 6.07 Å². The Kier molecular flexibility index (Phi) is 11.7. The van der Waals surface area contributed by atoms with Crippen molar-refractivity contribution in [2.24, 2.45) is 0 Å². The zero-order valence-electron chi connectivity index (χ0n) is 26.9. The average Bonchev–Trinajstić information content (AvgIpc) is 3.53. The fraction of sp³-hybridized carbons (Fsp3) is 0.333. The molecule has 0 atom stereocenters. The molecule has 1 aromatic heterocycles. The van der Waals surface area contributed by atoms with Crippen molar-refractivity contribution in [1.82, 2.24) is 14.4 Å². The average molecular weight is 692 g/mol. The minimum atomic E-state index is -4.52. The van der Waals surface area contributed by atoms with Crippen LogP contribution in [0.4, 0.5) is 13.2 Å². The van der Waals surface area contributed by atoms with Crippen molar-refractivity contribution in [2.45, 2.75) is 31.6 Å². The molecule has 1 saturated heterocycles. The summed E-state index contributed by atoms with van der Waals surface area (Å²) >= 11 is 8.42. The van der Waals surface area contributed by atoms with Gasteiger partial charge in [0.25, 0.3) is 0 Å². The van der Waals surface area contributed by atoms with Gasteiger partial charge in [0.15, 0.2) is 0 Å². The van der Waals surface area contributed by atoms with E-state index in [1.165, 1.54) is 17.6 Å². The first-order valence-electron chi connectivity index (χ1n) is 16.5. The van der Waals surface area contributed by atoms with E-state index in [4.69, 9.17) is 16.3 Å². The molecule has 2 heterocycles. The van der Waals surface area contributed by atoms with Crippen LogP contribution in [-0.4, -0.2) is 65.2 Å². The molecule has 0 unspecified atom stereocenters. The number of aromatic nitrogens is 1. The second-order valence-electron chi connectivity index (χ2n) is 12.2. The second-order valence-corrected chi connectivity index (χ2v) is 13.8. The first kappa shape index (κ1) is 34.4. The Morgan fingerprint density at radius 2 is 1.50 bits per heavy atom. The smallest absolute Gasteiger partial charge is 0.417 e. The van der Waals surface area contributed by atoms with Gasteiger partial charge in [0.05, 0.1) is 22.7 Å². The number of benzene rings is 4. The monoisotopic (exact) mass is 691 g/mol. The van der Waals surface area contributed by atoms with Crippen LogP contribution < -0.4 is 4.74 Å². The molecule has 0 saturated carbocycles. The highest BCUT2D eigenvalue weighted by molar-refractivity contribution is 7.99.